The van der Waals surface area contributed by atoms with Crippen molar-refractivity contribution >= 4 is 23.2 Å². The monoisotopic (exact) mass is 388 g/mol. The van der Waals surface area contributed by atoms with Gasteiger partial charge in [-0.1, -0.05) is 23.7 Å². The van der Waals surface area contributed by atoms with Gasteiger partial charge in [0.15, 0.2) is 0 Å². The first-order valence-corrected chi connectivity index (χ1v) is 7.54. The molecule has 26 heavy (non-hydrogen) atoms. The zero-order valence-corrected chi connectivity index (χ0v) is 13.7. The number of carbonyl (C=O) groups is 1. The summed E-state index contributed by atoms with van der Waals surface area (Å²) in [4.78, 5) is 22.1. The Labute approximate surface area is 150 Å². The Bertz CT molecular complexity index is 825. The van der Waals surface area contributed by atoms with Gasteiger partial charge in [0.05, 0.1) is 27.2 Å². The SMILES string of the molecule is O=C(NCC(O)c1ccc(C(F)(F)F)cc1)c1cc([N+](=O)[O-])ccc1Cl. The van der Waals surface area contributed by atoms with Crippen LogP contribution in [0, 0.1) is 10.1 Å². The number of rotatable bonds is 5. The molecule has 0 heterocycles. The lowest BCUT2D eigenvalue weighted by atomic mass is 10.1. The van der Waals surface area contributed by atoms with Crippen molar-refractivity contribution < 1.29 is 28.0 Å². The van der Waals surface area contributed by atoms with E-state index in [4.69, 9.17) is 11.6 Å². The minimum Gasteiger partial charge on any atom is -0.387 e. The highest BCUT2D eigenvalue weighted by Gasteiger charge is 2.30. The van der Waals surface area contributed by atoms with Gasteiger partial charge in [0, 0.05) is 18.7 Å². The van der Waals surface area contributed by atoms with Crippen LogP contribution in [0.1, 0.15) is 27.6 Å². The van der Waals surface area contributed by atoms with Gasteiger partial charge in [-0.25, -0.2) is 0 Å². The molecule has 1 atom stereocenters. The number of non-ortho nitro benzene ring substituents is 1. The number of aliphatic hydroxyl groups excluding tert-OH is 1. The zero-order valence-electron chi connectivity index (χ0n) is 13.0. The summed E-state index contributed by atoms with van der Waals surface area (Å²) in [6, 6.07) is 7.15. The number of halogens is 4. The minimum atomic E-state index is -4.49. The summed E-state index contributed by atoms with van der Waals surface area (Å²) in [5.74, 6) is -0.760. The van der Waals surface area contributed by atoms with Crippen LogP contribution in [0.25, 0.3) is 0 Å². The third kappa shape index (κ3) is 4.70. The third-order valence-corrected chi connectivity index (χ3v) is 3.81. The molecule has 0 aromatic heterocycles. The molecule has 10 heteroatoms. The Balaban J connectivity index is 2.05. The second kappa shape index (κ2) is 7.71. The number of nitrogens with zero attached hydrogens (tertiary/aromatic N) is 1. The maximum atomic E-state index is 12.5. The van der Waals surface area contributed by atoms with Crippen molar-refractivity contribution in [2.45, 2.75) is 12.3 Å². The van der Waals surface area contributed by atoms with Gasteiger partial charge in [0.1, 0.15) is 0 Å². The molecule has 2 aromatic carbocycles. The largest absolute Gasteiger partial charge is 0.416 e. The molecule has 0 bridgehead atoms. The number of carbonyl (C=O) groups excluding carboxylic acids is 1. The molecule has 2 aromatic rings. The third-order valence-electron chi connectivity index (χ3n) is 3.48. The molecule has 0 radical (unpaired) electrons. The first kappa shape index (κ1) is 19.7. The van der Waals surface area contributed by atoms with Gasteiger partial charge in [-0.2, -0.15) is 13.2 Å². The Morgan fingerprint density at radius 3 is 2.38 bits per heavy atom. The minimum absolute atomic E-state index is 0.0166. The molecule has 2 rings (SSSR count). The van der Waals surface area contributed by atoms with E-state index in [2.05, 4.69) is 5.32 Å². The van der Waals surface area contributed by atoms with Crippen molar-refractivity contribution in [3.05, 3.63) is 74.3 Å². The van der Waals surface area contributed by atoms with Gasteiger partial charge in [-0.05, 0) is 23.8 Å². The predicted octanol–water partition coefficient (Wildman–Crippen LogP) is 3.73. The summed E-state index contributed by atoms with van der Waals surface area (Å²) in [6.07, 6.45) is -5.75. The molecular formula is C16H12ClF3N2O4. The number of nitro groups is 1. The maximum Gasteiger partial charge on any atom is 0.416 e. The van der Waals surface area contributed by atoms with Gasteiger partial charge in [-0.3, -0.25) is 14.9 Å². The van der Waals surface area contributed by atoms with Crippen molar-refractivity contribution in [3.63, 3.8) is 0 Å². The van der Waals surface area contributed by atoms with Crippen LogP contribution >= 0.6 is 11.6 Å². The van der Waals surface area contributed by atoms with Crippen molar-refractivity contribution in [1.29, 1.82) is 0 Å². The maximum absolute atomic E-state index is 12.5. The average Bonchev–Trinajstić information content (AvgIpc) is 2.58. The molecule has 0 spiro atoms. The normalized spacial score (nSPS) is 12.5. The first-order chi connectivity index (χ1) is 12.1. The fraction of sp³-hybridized carbons (Fsp3) is 0.188. The number of alkyl halides is 3. The van der Waals surface area contributed by atoms with E-state index < -0.39 is 28.7 Å². The molecule has 0 saturated heterocycles. The smallest absolute Gasteiger partial charge is 0.387 e. The van der Waals surface area contributed by atoms with E-state index in [1.54, 1.807) is 0 Å². The molecule has 6 nitrogen and oxygen atoms in total. The van der Waals surface area contributed by atoms with Crippen LogP contribution < -0.4 is 5.32 Å². The van der Waals surface area contributed by atoms with Crippen LogP contribution in [0.2, 0.25) is 5.02 Å². The lowest BCUT2D eigenvalue weighted by molar-refractivity contribution is -0.384. The van der Waals surface area contributed by atoms with Crippen molar-refractivity contribution in [2.24, 2.45) is 0 Å². The van der Waals surface area contributed by atoms with Crippen molar-refractivity contribution in [3.8, 4) is 0 Å². The summed E-state index contributed by atoms with van der Waals surface area (Å²) in [5, 5.41) is 23.0. The topological polar surface area (TPSA) is 92.5 Å². The number of nitro benzene ring substituents is 1. The lowest BCUT2D eigenvalue weighted by Gasteiger charge is -2.14. The molecule has 0 fully saturated rings. The van der Waals surface area contributed by atoms with Gasteiger partial charge >= 0.3 is 6.18 Å². The zero-order chi connectivity index (χ0) is 19.5. The van der Waals surface area contributed by atoms with Crippen LogP contribution in [0.15, 0.2) is 42.5 Å². The van der Waals surface area contributed by atoms with E-state index in [1.165, 1.54) is 6.07 Å². The summed E-state index contributed by atoms with van der Waals surface area (Å²) >= 11 is 5.84. The average molecular weight is 389 g/mol. The highest BCUT2D eigenvalue weighted by molar-refractivity contribution is 6.33. The second-order valence-corrected chi connectivity index (χ2v) is 5.67. The van der Waals surface area contributed by atoms with Crippen LogP contribution in [-0.4, -0.2) is 22.5 Å². The molecule has 0 aliphatic carbocycles. The van der Waals surface area contributed by atoms with E-state index >= 15 is 0 Å². The molecule has 0 aliphatic heterocycles. The van der Waals surface area contributed by atoms with Crippen LogP contribution in [0.5, 0.6) is 0 Å². The Hall–Kier alpha value is -2.65. The summed E-state index contributed by atoms with van der Waals surface area (Å²) < 4.78 is 37.5. The predicted molar refractivity (Wildman–Crippen MR) is 86.8 cm³/mol. The molecule has 0 aliphatic rings. The Morgan fingerprint density at radius 2 is 1.85 bits per heavy atom. The van der Waals surface area contributed by atoms with Gasteiger partial charge in [0.25, 0.3) is 11.6 Å². The quantitative estimate of drug-likeness (QED) is 0.603. The number of hydrogen-bond donors (Lipinski definition) is 2. The molecule has 138 valence electrons. The van der Waals surface area contributed by atoms with Gasteiger partial charge < -0.3 is 10.4 Å². The molecule has 1 unspecified atom stereocenters. The number of hydrogen-bond acceptors (Lipinski definition) is 4. The number of aliphatic hydroxyl groups is 1. The van der Waals surface area contributed by atoms with E-state index in [9.17, 15) is 33.2 Å². The fourth-order valence-electron chi connectivity index (χ4n) is 2.10. The molecule has 1 amide bonds. The Kier molecular flexibility index (Phi) is 5.83. The second-order valence-electron chi connectivity index (χ2n) is 5.27. The highest BCUT2D eigenvalue weighted by atomic mass is 35.5. The van der Waals surface area contributed by atoms with Crippen LogP contribution in [-0.2, 0) is 6.18 Å². The van der Waals surface area contributed by atoms with E-state index in [0.717, 1.165) is 36.4 Å². The first-order valence-electron chi connectivity index (χ1n) is 7.17. The van der Waals surface area contributed by atoms with Crippen molar-refractivity contribution in [2.75, 3.05) is 6.54 Å². The number of nitrogens with one attached hydrogen (secondary N) is 1. The van der Waals surface area contributed by atoms with Crippen LogP contribution in [0.3, 0.4) is 0 Å². The van der Waals surface area contributed by atoms with E-state index in [1.807, 2.05) is 0 Å². The standard InChI is InChI=1S/C16H12ClF3N2O4/c17-13-6-5-11(22(25)26)7-12(13)15(24)21-8-14(23)9-1-3-10(4-2-9)16(18,19)20/h1-7,14,23H,8H2,(H,21,24). The van der Waals surface area contributed by atoms with Crippen molar-refractivity contribution in [1.82, 2.24) is 5.32 Å². The van der Waals surface area contributed by atoms with Gasteiger partial charge in [-0.15, -0.1) is 0 Å². The van der Waals surface area contributed by atoms with Gasteiger partial charge in [0.2, 0.25) is 0 Å². The summed E-state index contributed by atoms with van der Waals surface area (Å²) in [6.45, 7) is -0.316. The molecular weight excluding hydrogens is 377 g/mol. The summed E-state index contributed by atoms with van der Waals surface area (Å²) in [5.41, 5.74) is -1.17. The molecule has 2 N–H and O–H groups in total. The summed E-state index contributed by atoms with van der Waals surface area (Å²) in [7, 11) is 0. The van der Waals surface area contributed by atoms with E-state index in [-0.39, 0.29) is 28.4 Å². The number of amides is 1. The van der Waals surface area contributed by atoms with Crippen LogP contribution in [0.4, 0.5) is 18.9 Å². The highest BCUT2D eigenvalue weighted by Crippen LogP contribution is 2.30. The number of benzene rings is 2. The molecule has 0 saturated carbocycles. The lowest BCUT2D eigenvalue weighted by Crippen LogP contribution is -2.28. The van der Waals surface area contributed by atoms with E-state index in [0.29, 0.717) is 0 Å². The Morgan fingerprint density at radius 1 is 1.23 bits per heavy atom. The fourth-order valence-corrected chi connectivity index (χ4v) is 2.30.